The van der Waals surface area contributed by atoms with Crippen molar-refractivity contribution in [2.24, 2.45) is 0 Å². The van der Waals surface area contributed by atoms with Crippen molar-refractivity contribution in [2.45, 2.75) is 65.5 Å². The summed E-state index contributed by atoms with van der Waals surface area (Å²) < 4.78 is 26.6. The Hall–Kier alpha value is -1.23. The molecule has 1 unspecified atom stereocenters. The number of hydrogen-bond donors (Lipinski definition) is 0. The third kappa shape index (κ3) is 4.69. The fraction of sp³-hybridized carbons (Fsp3) is 0.667. The van der Waals surface area contributed by atoms with Crippen LogP contribution in [-0.2, 0) is 20.0 Å². The van der Waals surface area contributed by atoms with E-state index in [1.165, 1.54) is 0 Å². The van der Waals surface area contributed by atoms with E-state index in [0.29, 0.717) is 19.6 Å². The van der Waals surface area contributed by atoms with Crippen molar-refractivity contribution in [3.8, 4) is 0 Å². The van der Waals surface area contributed by atoms with Crippen LogP contribution in [0.25, 0.3) is 5.65 Å². The van der Waals surface area contributed by atoms with Crippen molar-refractivity contribution in [1.82, 2.24) is 14.6 Å². The molecule has 0 amide bonds. The third-order valence-electron chi connectivity index (χ3n) is 4.13. The monoisotopic (exact) mass is 367 g/mol. The highest BCUT2D eigenvalue weighted by atomic mass is 31.2. The van der Waals surface area contributed by atoms with Crippen molar-refractivity contribution >= 4 is 13.2 Å². The zero-order chi connectivity index (χ0) is 18.3. The van der Waals surface area contributed by atoms with E-state index in [0.717, 1.165) is 42.7 Å². The molecule has 0 aromatic carbocycles. The largest absolute Gasteiger partial charge is 0.339 e. The topological polar surface area (TPSA) is 65.7 Å². The Morgan fingerprint density at radius 1 is 1.16 bits per heavy atom. The molecule has 2 heterocycles. The smallest absolute Gasteiger partial charge is 0.308 e. The molecule has 7 heteroatoms. The second kappa shape index (κ2) is 9.46. The molecular formula is C18H30N3O3P. The van der Waals surface area contributed by atoms with E-state index in [2.05, 4.69) is 23.9 Å². The summed E-state index contributed by atoms with van der Waals surface area (Å²) in [6.07, 6.45) is 6.40. The lowest BCUT2D eigenvalue weighted by atomic mass is 10.1. The number of aryl methyl sites for hydroxylation is 1. The molecular weight excluding hydrogens is 337 g/mol. The number of rotatable bonds is 11. The molecule has 2 aromatic heterocycles. The second-order valence-corrected chi connectivity index (χ2v) is 8.28. The van der Waals surface area contributed by atoms with E-state index in [-0.39, 0.29) is 5.66 Å². The summed E-state index contributed by atoms with van der Waals surface area (Å²) in [4.78, 5) is 4.68. The van der Waals surface area contributed by atoms with E-state index in [1.807, 2.05) is 26.0 Å². The highest BCUT2D eigenvalue weighted by molar-refractivity contribution is 7.54. The Kier molecular flexibility index (Phi) is 7.60. The van der Waals surface area contributed by atoms with Gasteiger partial charge in [-0.25, -0.2) is 9.50 Å². The Morgan fingerprint density at radius 2 is 1.88 bits per heavy atom. The molecule has 0 aliphatic heterocycles. The minimum Gasteiger partial charge on any atom is -0.308 e. The van der Waals surface area contributed by atoms with Gasteiger partial charge in [-0.1, -0.05) is 26.7 Å². The van der Waals surface area contributed by atoms with Gasteiger partial charge in [0.15, 0.2) is 5.65 Å². The lowest BCUT2D eigenvalue weighted by Crippen LogP contribution is -2.13. The van der Waals surface area contributed by atoms with Crippen molar-refractivity contribution in [3.63, 3.8) is 0 Å². The average Bonchev–Trinajstić information content (AvgIpc) is 3.06. The molecule has 0 radical (unpaired) electrons. The molecule has 0 saturated heterocycles. The molecule has 0 saturated carbocycles. The van der Waals surface area contributed by atoms with Crippen LogP contribution in [0.1, 0.15) is 70.4 Å². The minimum absolute atomic E-state index is 0.344. The zero-order valence-electron chi connectivity index (χ0n) is 15.8. The summed E-state index contributed by atoms with van der Waals surface area (Å²) in [5.74, 6) is 0. The van der Waals surface area contributed by atoms with Gasteiger partial charge in [-0.05, 0) is 39.2 Å². The van der Waals surface area contributed by atoms with E-state index in [9.17, 15) is 4.57 Å². The van der Waals surface area contributed by atoms with Gasteiger partial charge in [0, 0.05) is 11.8 Å². The summed E-state index contributed by atoms with van der Waals surface area (Å²) >= 11 is 0. The van der Waals surface area contributed by atoms with Crippen LogP contribution in [0, 0.1) is 0 Å². The molecule has 2 aromatic rings. The van der Waals surface area contributed by atoms with Gasteiger partial charge >= 0.3 is 7.60 Å². The molecule has 6 nitrogen and oxygen atoms in total. The minimum atomic E-state index is -3.28. The Balaban J connectivity index is 2.55. The third-order valence-corrected chi connectivity index (χ3v) is 6.65. The molecule has 0 aliphatic carbocycles. The molecule has 25 heavy (non-hydrogen) atoms. The summed E-state index contributed by atoms with van der Waals surface area (Å²) in [5.41, 5.74) is 2.31. The van der Waals surface area contributed by atoms with Crippen LogP contribution < -0.4 is 0 Å². The van der Waals surface area contributed by atoms with Crippen LogP contribution in [0.3, 0.4) is 0 Å². The van der Waals surface area contributed by atoms with Gasteiger partial charge in [0.25, 0.3) is 0 Å². The van der Waals surface area contributed by atoms with Crippen LogP contribution in [-0.4, -0.2) is 27.8 Å². The number of fused-ring (bicyclic) bond motifs is 1. The van der Waals surface area contributed by atoms with Gasteiger partial charge in [-0.3, -0.25) is 4.57 Å². The molecule has 0 spiro atoms. The number of aromatic nitrogens is 3. The van der Waals surface area contributed by atoms with Gasteiger partial charge in [-0.2, -0.15) is 5.10 Å². The van der Waals surface area contributed by atoms with Gasteiger partial charge in [0.2, 0.25) is 0 Å². The lowest BCUT2D eigenvalue weighted by molar-refractivity contribution is 0.209. The molecule has 0 fully saturated rings. The van der Waals surface area contributed by atoms with Crippen LogP contribution in [0.5, 0.6) is 0 Å². The van der Waals surface area contributed by atoms with Crippen molar-refractivity contribution in [1.29, 1.82) is 0 Å². The molecule has 0 aliphatic rings. The van der Waals surface area contributed by atoms with Crippen molar-refractivity contribution < 1.29 is 13.6 Å². The van der Waals surface area contributed by atoms with E-state index in [1.54, 1.807) is 10.7 Å². The van der Waals surface area contributed by atoms with Gasteiger partial charge in [0.05, 0.1) is 25.1 Å². The van der Waals surface area contributed by atoms with Gasteiger partial charge < -0.3 is 9.05 Å². The number of hydrogen-bond acceptors (Lipinski definition) is 5. The van der Waals surface area contributed by atoms with Crippen LogP contribution in [0.4, 0.5) is 0 Å². The highest BCUT2D eigenvalue weighted by Crippen LogP contribution is 2.62. The molecule has 0 N–H and O–H groups in total. The number of nitrogens with zero attached hydrogens (tertiary/aromatic N) is 3. The predicted molar refractivity (Wildman–Crippen MR) is 100 cm³/mol. The first kappa shape index (κ1) is 20.1. The van der Waals surface area contributed by atoms with E-state index < -0.39 is 7.60 Å². The molecule has 0 bridgehead atoms. The molecule has 2 rings (SSSR count). The fourth-order valence-corrected chi connectivity index (χ4v) is 5.27. The maximum Gasteiger partial charge on any atom is 0.339 e. The Morgan fingerprint density at radius 3 is 2.48 bits per heavy atom. The standard InChI is InChI=1S/C18H30N3O3P/c1-5-9-11-15-14-16(21-18(20-15)12-13-19-21)17(10-6-2)25(22,23-7-3)24-8-4/h12-14,17H,5-11H2,1-4H3. The average molecular weight is 367 g/mol. The van der Waals surface area contributed by atoms with Gasteiger partial charge in [-0.15, -0.1) is 0 Å². The van der Waals surface area contributed by atoms with E-state index >= 15 is 0 Å². The van der Waals surface area contributed by atoms with Gasteiger partial charge in [0.1, 0.15) is 5.66 Å². The highest BCUT2D eigenvalue weighted by Gasteiger charge is 2.38. The quantitative estimate of drug-likeness (QED) is 0.512. The maximum atomic E-state index is 13.5. The Bertz CT molecular complexity index is 707. The lowest BCUT2D eigenvalue weighted by Gasteiger charge is -2.27. The summed E-state index contributed by atoms with van der Waals surface area (Å²) in [6.45, 7) is 8.64. The molecule has 140 valence electrons. The summed E-state index contributed by atoms with van der Waals surface area (Å²) in [6, 6.07) is 3.91. The van der Waals surface area contributed by atoms with Crippen molar-refractivity contribution in [3.05, 3.63) is 29.7 Å². The first-order valence-corrected chi connectivity index (χ1v) is 10.9. The van der Waals surface area contributed by atoms with Crippen LogP contribution >= 0.6 is 7.60 Å². The first-order chi connectivity index (χ1) is 12.1. The second-order valence-electron chi connectivity index (χ2n) is 6.06. The van der Waals surface area contributed by atoms with E-state index in [4.69, 9.17) is 9.05 Å². The normalized spacial score (nSPS) is 13.4. The maximum absolute atomic E-state index is 13.5. The fourth-order valence-electron chi connectivity index (χ4n) is 3.03. The Labute approximate surface area is 150 Å². The SMILES string of the molecule is CCCCc1cc(C(CCC)P(=O)(OCC)OCC)n2nccc2n1. The summed E-state index contributed by atoms with van der Waals surface area (Å²) in [7, 11) is -3.28. The number of unbranched alkanes of at least 4 members (excludes halogenated alkanes) is 1. The predicted octanol–water partition coefficient (Wildman–Crippen LogP) is 5.18. The molecule has 1 atom stereocenters. The summed E-state index contributed by atoms with van der Waals surface area (Å²) in [5, 5.41) is 4.40. The van der Waals surface area contributed by atoms with Crippen LogP contribution in [0.15, 0.2) is 18.3 Å². The zero-order valence-corrected chi connectivity index (χ0v) is 16.7. The van der Waals surface area contributed by atoms with Crippen LogP contribution in [0.2, 0.25) is 0 Å². The first-order valence-electron chi connectivity index (χ1n) is 9.31. The van der Waals surface area contributed by atoms with Crippen molar-refractivity contribution in [2.75, 3.05) is 13.2 Å².